The summed E-state index contributed by atoms with van der Waals surface area (Å²) in [4.78, 5) is 14.2. The quantitative estimate of drug-likeness (QED) is 0.537. The Kier molecular flexibility index (Phi) is 5.64. The second kappa shape index (κ2) is 8.33. The van der Waals surface area contributed by atoms with E-state index in [0.29, 0.717) is 0 Å². The molecule has 5 heteroatoms. The Labute approximate surface area is 169 Å². The van der Waals surface area contributed by atoms with Gasteiger partial charge in [-0.15, -0.1) is 11.3 Å². The van der Waals surface area contributed by atoms with Crippen LogP contribution in [0.3, 0.4) is 0 Å². The maximum atomic E-state index is 11.9. The number of benzene rings is 2. The van der Waals surface area contributed by atoms with Gasteiger partial charge in [0.05, 0.1) is 25.8 Å². The minimum Gasteiger partial charge on any atom is -0.496 e. The molecule has 1 aliphatic heterocycles. The van der Waals surface area contributed by atoms with Crippen LogP contribution in [0.2, 0.25) is 0 Å². The fourth-order valence-electron chi connectivity index (χ4n) is 4.30. The number of ether oxygens (including phenoxy) is 2. The molecule has 4 nitrogen and oxygen atoms in total. The van der Waals surface area contributed by atoms with Crippen LogP contribution in [0.25, 0.3) is 10.1 Å². The number of piperidine rings is 1. The zero-order valence-electron chi connectivity index (χ0n) is 16.3. The van der Waals surface area contributed by atoms with Crippen LogP contribution in [0.1, 0.15) is 36.4 Å². The van der Waals surface area contributed by atoms with Crippen LogP contribution in [-0.2, 0) is 11.3 Å². The van der Waals surface area contributed by atoms with Crippen molar-refractivity contribution in [3.8, 4) is 11.5 Å². The number of carbonyl (C=O) groups is 1. The molecule has 0 N–H and O–H groups in total. The van der Waals surface area contributed by atoms with Crippen molar-refractivity contribution in [2.45, 2.75) is 37.9 Å². The van der Waals surface area contributed by atoms with Crippen molar-refractivity contribution in [2.24, 2.45) is 0 Å². The van der Waals surface area contributed by atoms with Gasteiger partial charge in [0.1, 0.15) is 17.8 Å². The summed E-state index contributed by atoms with van der Waals surface area (Å²) in [6.45, 7) is 0.723. The zero-order chi connectivity index (χ0) is 19.5. The summed E-state index contributed by atoms with van der Waals surface area (Å²) in [5.41, 5.74) is 2.26. The molecule has 0 radical (unpaired) electrons. The van der Waals surface area contributed by atoms with Crippen LogP contribution in [0.5, 0.6) is 11.5 Å². The summed E-state index contributed by atoms with van der Waals surface area (Å²) in [6, 6.07) is 14.6. The maximum absolute atomic E-state index is 11.9. The highest BCUT2D eigenvalue weighted by atomic mass is 32.1. The molecule has 4 rings (SSSR count). The van der Waals surface area contributed by atoms with E-state index in [1.54, 1.807) is 25.6 Å². The van der Waals surface area contributed by atoms with E-state index in [-0.39, 0.29) is 12.1 Å². The molecule has 1 fully saturated rings. The van der Waals surface area contributed by atoms with E-state index in [1.165, 1.54) is 15.6 Å². The van der Waals surface area contributed by atoms with Gasteiger partial charge in [0, 0.05) is 17.3 Å². The minimum atomic E-state index is -0.105. The molecular weight excluding hydrogens is 370 g/mol. The lowest BCUT2D eigenvalue weighted by molar-refractivity contribution is -0.115. The molecule has 2 heterocycles. The molecule has 0 bridgehead atoms. The summed E-state index contributed by atoms with van der Waals surface area (Å²) in [5, 5.41) is 3.38. The van der Waals surface area contributed by atoms with Gasteiger partial charge in [-0.25, -0.2) is 0 Å². The van der Waals surface area contributed by atoms with Gasteiger partial charge in [-0.2, -0.15) is 0 Å². The first-order chi connectivity index (χ1) is 13.7. The third-order valence-corrected chi connectivity index (χ3v) is 6.54. The van der Waals surface area contributed by atoms with Gasteiger partial charge in [0.25, 0.3) is 0 Å². The van der Waals surface area contributed by atoms with Crippen LogP contribution < -0.4 is 9.47 Å². The number of thiophene rings is 1. The molecule has 0 saturated carbocycles. The molecule has 1 aromatic heterocycles. The third kappa shape index (κ3) is 3.52. The van der Waals surface area contributed by atoms with Crippen LogP contribution in [0.15, 0.2) is 47.8 Å². The number of nitrogens with zero attached hydrogens (tertiary/aromatic N) is 1. The average Bonchev–Trinajstić information content (AvgIpc) is 3.21. The first-order valence-electron chi connectivity index (χ1n) is 9.63. The molecular formula is C23H25NO3S. The number of hydrogen-bond acceptors (Lipinski definition) is 5. The first kappa shape index (κ1) is 19.0. The zero-order valence-corrected chi connectivity index (χ0v) is 17.1. The van der Waals surface area contributed by atoms with Crippen molar-refractivity contribution in [3.63, 3.8) is 0 Å². The van der Waals surface area contributed by atoms with Crippen molar-refractivity contribution >= 4 is 27.7 Å². The highest BCUT2D eigenvalue weighted by molar-refractivity contribution is 7.17. The first-order valence-corrected chi connectivity index (χ1v) is 10.5. The highest BCUT2D eigenvalue weighted by Gasteiger charge is 2.34. The molecule has 0 aliphatic carbocycles. The normalized spacial score (nSPS) is 20.2. The van der Waals surface area contributed by atoms with E-state index >= 15 is 0 Å². The lowest BCUT2D eigenvalue weighted by Crippen LogP contribution is -2.42. The Bertz CT molecular complexity index is 945. The average molecular weight is 396 g/mol. The van der Waals surface area contributed by atoms with E-state index in [2.05, 4.69) is 34.5 Å². The maximum Gasteiger partial charge on any atom is 0.137 e. The van der Waals surface area contributed by atoms with Gasteiger partial charge in [-0.1, -0.05) is 12.1 Å². The van der Waals surface area contributed by atoms with Gasteiger partial charge in [-0.3, -0.25) is 4.90 Å². The van der Waals surface area contributed by atoms with Gasteiger partial charge >= 0.3 is 0 Å². The molecule has 2 aromatic carbocycles. The summed E-state index contributed by atoms with van der Waals surface area (Å²) in [6.07, 6.45) is 3.96. The van der Waals surface area contributed by atoms with Crippen molar-refractivity contribution in [2.75, 3.05) is 14.2 Å². The Hall–Kier alpha value is -2.37. The van der Waals surface area contributed by atoms with Gasteiger partial charge in [0.2, 0.25) is 0 Å². The number of hydrogen-bond donors (Lipinski definition) is 0. The summed E-state index contributed by atoms with van der Waals surface area (Å²) in [7, 11) is 3.38. The predicted octanol–water partition coefficient (Wildman–Crippen LogP) is 5.21. The van der Waals surface area contributed by atoms with Crippen molar-refractivity contribution in [3.05, 3.63) is 59.0 Å². The summed E-state index contributed by atoms with van der Waals surface area (Å²) in [5.74, 6) is 1.63. The monoisotopic (exact) mass is 395 g/mol. The van der Waals surface area contributed by atoms with Crippen molar-refractivity contribution in [1.82, 2.24) is 4.90 Å². The smallest absolute Gasteiger partial charge is 0.137 e. The van der Waals surface area contributed by atoms with Gasteiger partial charge in [0.15, 0.2) is 0 Å². The third-order valence-electron chi connectivity index (χ3n) is 5.64. The minimum absolute atomic E-state index is 0.0771. The summed E-state index contributed by atoms with van der Waals surface area (Å²) < 4.78 is 12.6. The second-order valence-electron chi connectivity index (χ2n) is 7.19. The predicted molar refractivity (Wildman–Crippen MR) is 113 cm³/mol. The number of aldehydes is 1. The Balaban J connectivity index is 1.74. The van der Waals surface area contributed by atoms with Gasteiger partial charge in [-0.05, 0) is 65.9 Å². The lowest BCUT2D eigenvalue weighted by Gasteiger charge is -2.41. The van der Waals surface area contributed by atoms with Crippen LogP contribution in [0.4, 0.5) is 0 Å². The number of likely N-dealkylation sites (tertiary alicyclic amines) is 1. The molecule has 2 unspecified atom stereocenters. The Morgan fingerprint density at radius 3 is 2.61 bits per heavy atom. The van der Waals surface area contributed by atoms with E-state index in [0.717, 1.165) is 49.2 Å². The fraction of sp³-hybridized carbons (Fsp3) is 0.348. The molecule has 0 amide bonds. The number of rotatable bonds is 6. The highest BCUT2D eigenvalue weighted by Crippen LogP contribution is 2.43. The molecule has 146 valence electrons. The van der Waals surface area contributed by atoms with E-state index in [1.807, 2.05) is 18.2 Å². The van der Waals surface area contributed by atoms with Crippen molar-refractivity contribution < 1.29 is 14.3 Å². The molecule has 2 atom stereocenters. The van der Waals surface area contributed by atoms with Crippen molar-refractivity contribution in [1.29, 1.82) is 0 Å². The molecule has 1 saturated heterocycles. The summed E-state index contributed by atoms with van der Waals surface area (Å²) >= 11 is 1.75. The van der Waals surface area contributed by atoms with Crippen LogP contribution in [0, 0.1) is 0 Å². The number of methoxy groups -OCH3 is 2. The van der Waals surface area contributed by atoms with E-state index < -0.39 is 0 Å². The van der Waals surface area contributed by atoms with E-state index in [9.17, 15) is 4.79 Å². The molecule has 1 aliphatic rings. The molecule has 3 aromatic rings. The van der Waals surface area contributed by atoms with Gasteiger partial charge < -0.3 is 14.3 Å². The Morgan fingerprint density at radius 1 is 1.11 bits per heavy atom. The number of fused-ring (bicyclic) bond motifs is 1. The molecule has 28 heavy (non-hydrogen) atoms. The van der Waals surface area contributed by atoms with Crippen LogP contribution in [-0.4, -0.2) is 31.4 Å². The van der Waals surface area contributed by atoms with Crippen LogP contribution >= 0.6 is 11.3 Å². The standard InChI is InChI=1S/C23H25NO3S/c1-26-20-7-4-8-21(27-2)23(20)19-6-3-5-18(15-25)24(19)14-16-9-10-22-17(13-16)11-12-28-22/h4,7-13,15,18-19H,3,5-6,14H2,1-2H3. The molecule has 0 spiro atoms. The number of carbonyl (C=O) groups excluding carboxylic acids is 1. The SMILES string of the molecule is COc1cccc(OC)c1C1CCCC(C=O)N1Cc1ccc2sccc2c1. The fourth-order valence-corrected chi connectivity index (χ4v) is 5.07. The lowest BCUT2D eigenvalue weighted by atomic mass is 9.89. The largest absolute Gasteiger partial charge is 0.496 e. The Morgan fingerprint density at radius 2 is 1.89 bits per heavy atom. The second-order valence-corrected chi connectivity index (χ2v) is 8.14. The van der Waals surface area contributed by atoms with E-state index in [4.69, 9.17) is 9.47 Å². The topological polar surface area (TPSA) is 38.8 Å².